The SMILES string of the molecule is O=C(O)CCCCC(=O)OC(CCCO)OCCO. The van der Waals surface area contributed by atoms with Crippen LogP contribution in [-0.4, -0.2) is 53.4 Å². The van der Waals surface area contributed by atoms with Gasteiger partial charge in [0.25, 0.3) is 0 Å². The molecule has 0 saturated carbocycles. The fraction of sp³-hybridized carbons (Fsp3) is 0.833. The lowest BCUT2D eigenvalue weighted by Crippen LogP contribution is -2.23. The Morgan fingerprint density at radius 2 is 1.68 bits per heavy atom. The Kier molecular flexibility index (Phi) is 11.1. The zero-order valence-corrected chi connectivity index (χ0v) is 10.9. The van der Waals surface area contributed by atoms with Crippen molar-refractivity contribution in [2.24, 2.45) is 0 Å². The van der Waals surface area contributed by atoms with Crippen LogP contribution in [0.4, 0.5) is 0 Å². The summed E-state index contributed by atoms with van der Waals surface area (Å²) in [6.45, 7) is -0.149. The smallest absolute Gasteiger partial charge is 0.308 e. The number of hydrogen-bond acceptors (Lipinski definition) is 6. The molecule has 3 N–H and O–H groups in total. The Hall–Kier alpha value is -1.18. The van der Waals surface area contributed by atoms with Gasteiger partial charge in [0.15, 0.2) is 0 Å². The molecule has 19 heavy (non-hydrogen) atoms. The second-order valence-corrected chi connectivity index (χ2v) is 3.98. The van der Waals surface area contributed by atoms with E-state index in [9.17, 15) is 9.59 Å². The first-order chi connectivity index (χ1) is 9.10. The van der Waals surface area contributed by atoms with Crippen LogP contribution in [-0.2, 0) is 19.1 Å². The fourth-order valence-corrected chi connectivity index (χ4v) is 1.37. The molecule has 0 saturated heterocycles. The molecule has 112 valence electrons. The first kappa shape index (κ1) is 17.8. The molecule has 7 heteroatoms. The number of aliphatic carboxylic acids is 1. The van der Waals surface area contributed by atoms with Crippen molar-refractivity contribution >= 4 is 11.9 Å². The minimum absolute atomic E-state index is 0.0300. The summed E-state index contributed by atoms with van der Waals surface area (Å²) in [7, 11) is 0. The second-order valence-electron chi connectivity index (χ2n) is 3.98. The summed E-state index contributed by atoms with van der Waals surface area (Å²) in [6.07, 6.45) is 1.04. The van der Waals surface area contributed by atoms with Gasteiger partial charge in [0, 0.05) is 25.9 Å². The number of carboxylic acid groups (broad SMARTS) is 1. The number of aliphatic hydroxyl groups excluding tert-OH is 2. The molecule has 0 aromatic carbocycles. The second kappa shape index (κ2) is 11.9. The van der Waals surface area contributed by atoms with E-state index in [2.05, 4.69) is 0 Å². The van der Waals surface area contributed by atoms with Crippen LogP contribution >= 0.6 is 0 Å². The number of ether oxygens (including phenoxy) is 2. The lowest BCUT2D eigenvalue weighted by Gasteiger charge is -2.17. The lowest BCUT2D eigenvalue weighted by atomic mass is 10.2. The highest BCUT2D eigenvalue weighted by Gasteiger charge is 2.14. The molecule has 0 rings (SSSR count). The van der Waals surface area contributed by atoms with Gasteiger partial charge < -0.3 is 24.8 Å². The molecule has 0 aliphatic rings. The molecule has 0 aliphatic heterocycles. The van der Waals surface area contributed by atoms with Gasteiger partial charge in [-0.25, -0.2) is 0 Å². The molecule has 1 unspecified atom stereocenters. The normalized spacial score (nSPS) is 12.1. The summed E-state index contributed by atoms with van der Waals surface area (Å²) in [5, 5.41) is 25.8. The number of hydrogen-bond donors (Lipinski definition) is 3. The van der Waals surface area contributed by atoms with Gasteiger partial charge in [-0.3, -0.25) is 9.59 Å². The van der Waals surface area contributed by atoms with Crippen molar-refractivity contribution in [1.82, 2.24) is 0 Å². The molecular formula is C12H22O7. The Bertz CT molecular complexity index is 246. The number of rotatable bonds is 12. The number of aliphatic hydroxyl groups is 2. The molecule has 1 atom stereocenters. The van der Waals surface area contributed by atoms with Crippen LogP contribution in [0.25, 0.3) is 0 Å². The molecule has 0 aromatic heterocycles. The number of carbonyl (C=O) groups is 2. The highest BCUT2D eigenvalue weighted by molar-refractivity contribution is 5.69. The van der Waals surface area contributed by atoms with Crippen molar-refractivity contribution in [2.75, 3.05) is 19.8 Å². The number of unbranched alkanes of at least 4 members (excludes halogenated alkanes) is 1. The van der Waals surface area contributed by atoms with E-state index >= 15 is 0 Å². The third-order valence-corrected chi connectivity index (χ3v) is 2.28. The molecule has 0 heterocycles. The van der Waals surface area contributed by atoms with Gasteiger partial charge in [0.1, 0.15) is 0 Å². The van der Waals surface area contributed by atoms with Crippen LogP contribution in [0.2, 0.25) is 0 Å². The summed E-state index contributed by atoms with van der Waals surface area (Å²) in [5.41, 5.74) is 0. The largest absolute Gasteiger partial charge is 0.481 e. The van der Waals surface area contributed by atoms with Crippen molar-refractivity contribution in [2.45, 2.75) is 44.8 Å². The topological polar surface area (TPSA) is 113 Å². The minimum Gasteiger partial charge on any atom is -0.481 e. The van der Waals surface area contributed by atoms with Gasteiger partial charge >= 0.3 is 11.9 Å². The molecule has 0 fully saturated rings. The minimum atomic E-state index is -0.888. The first-order valence-electron chi connectivity index (χ1n) is 6.34. The third kappa shape index (κ3) is 11.6. The van der Waals surface area contributed by atoms with E-state index < -0.39 is 18.2 Å². The van der Waals surface area contributed by atoms with Crippen LogP contribution in [0.5, 0.6) is 0 Å². The van der Waals surface area contributed by atoms with E-state index in [1.165, 1.54) is 0 Å². The average Bonchev–Trinajstić information content (AvgIpc) is 2.37. The Balaban J connectivity index is 3.83. The van der Waals surface area contributed by atoms with Crippen molar-refractivity contribution in [1.29, 1.82) is 0 Å². The highest BCUT2D eigenvalue weighted by Crippen LogP contribution is 2.08. The van der Waals surface area contributed by atoms with E-state index in [0.29, 0.717) is 25.7 Å². The summed E-state index contributed by atoms with van der Waals surface area (Å²) in [6, 6.07) is 0. The molecular weight excluding hydrogens is 256 g/mol. The molecule has 7 nitrogen and oxygen atoms in total. The third-order valence-electron chi connectivity index (χ3n) is 2.28. The van der Waals surface area contributed by atoms with Gasteiger partial charge in [-0.1, -0.05) is 0 Å². The zero-order valence-electron chi connectivity index (χ0n) is 10.9. The van der Waals surface area contributed by atoms with Gasteiger partial charge in [0.2, 0.25) is 6.29 Å². The van der Waals surface area contributed by atoms with Crippen LogP contribution in [0.15, 0.2) is 0 Å². The van der Waals surface area contributed by atoms with Gasteiger partial charge in [0.05, 0.1) is 13.2 Å². The van der Waals surface area contributed by atoms with Crippen molar-refractivity contribution < 1.29 is 34.4 Å². The monoisotopic (exact) mass is 278 g/mol. The number of carbonyl (C=O) groups excluding carboxylic acids is 1. The summed E-state index contributed by atoms with van der Waals surface area (Å²) in [4.78, 5) is 21.7. The fourth-order valence-electron chi connectivity index (χ4n) is 1.37. The summed E-state index contributed by atoms with van der Waals surface area (Å²) >= 11 is 0. The van der Waals surface area contributed by atoms with Crippen molar-refractivity contribution in [3.05, 3.63) is 0 Å². The number of esters is 1. The standard InChI is InChI=1S/C12H22O7/c13-7-3-6-12(18-9-8-14)19-11(17)5-2-1-4-10(15)16/h12-14H,1-9H2,(H,15,16). The Morgan fingerprint density at radius 1 is 1.00 bits per heavy atom. The van der Waals surface area contributed by atoms with Gasteiger partial charge in [-0.2, -0.15) is 0 Å². The maximum atomic E-state index is 11.4. The van der Waals surface area contributed by atoms with Gasteiger partial charge in [-0.05, 0) is 19.3 Å². The van der Waals surface area contributed by atoms with E-state index in [-0.39, 0.29) is 32.7 Å². The van der Waals surface area contributed by atoms with Crippen molar-refractivity contribution in [3.63, 3.8) is 0 Å². The summed E-state index contributed by atoms with van der Waals surface area (Å²) in [5.74, 6) is -1.35. The van der Waals surface area contributed by atoms with Gasteiger partial charge in [-0.15, -0.1) is 0 Å². The molecule has 0 aliphatic carbocycles. The summed E-state index contributed by atoms with van der Waals surface area (Å²) < 4.78 is 10.1. The molecule has 0 spiro atoms. The van der Waals surface area contributed by atoms with E-state index in [4.69, 9.17) is 24.8 Å². The van der Waals surface area contributed by atoms with Crippen LogP contribution < -0.4 is 0 Å². The molecule has 0 radical (unpaired) electrons. The van der Waals surface area contributed by atoms with Crippen molar-refractivity contribution in [3.8, 4) is 0 Å². The number of carboxylic acids is 1. The first-order valence-corrected chi connectivity index (χ1v) is 6.34. The quantitative estimate of drug-likeness (QED) is 0.267. The maximum Gasteiger partial charge on any atom is 0.308 e. The Labute approximate surface area is 112 Å². The van der Waals surface area contributed by atoms with E-state index in [1.807, 2.05) is 0 Å². The van der Waals surface area contributed by atoms with E-state index in [0.717, 1.165) is 0 Å². The predicted molar refractivity (Wildman–Crippen MR) is 65.3 cm³/mol. The zero-order chi connectivity index (χ0) is 14.5. The maximum absolute atomic E-state index is 11.4. The average molecular weight is 278 g/mol. The predicted octanol–water partition coefficient (Wildman–Crippen LogP) is 0.282. The molecule has 0 bridgehead atoms. The van der Waals surface area contributed by atoms with Crippen LogP contribution in [0, 0.1) is 0 Å². The van der Waals surface area contributed by atoms with E-state index in [1.54, 1.807) is 0 Å². The van der Waals surface area contributed by atoms with Crippen LogP contribution in [0.3, 0.4) is 0 Å². The molecule has 0 aromatic rings. The highest BCUT2D eigenvalue weighted by atomic mass is 16.7. The molecule has 0 amide bonds. The Morgan fingerprint density at radius 3 is 2.26 bits per heavy atom. The van der Waals surface area contributed by atoms with Crippen LogP contribution in [0.1, 0.15) is 38.5 Å². The lowest BCUT2D eigenvalue weighted by molar-refractivity contribution is -0.182.